The van der Waals surface area contributed by atoms with Crippen LogP contribution in [0.1, 0.15) is 68.4 Å². The van der Waals surface area contributed by atoms with E-state index in [1.54, 1.807) is 17.4 Å². The van der Waals surface area contributed by atoms with Gasteiger partial charge in [-0.2, -0.15) is 35.1 Å². The SMILES string of the molecule is COC(=O)N[C@H](C(=O)N[C@@H](Cc1ccc(C#Cc2ccc(N3CC4CCC(C3)N4CC(F)F)nc2)cc1)[C@@H](O)CN(Cc1c(F)cc(C(N)=CC=NC(F)F)cc1F)NC(=O)[C@@H](NC(=O)OC)C(C)(C)C(F)(F)F)C(C)(C)C(F)(F)F. The lowest BCUT2D eigenvalue weighted by molar-refractivity contribution is -0.221. The average Bonchev–Trinajstić information content (AvgIpc) is 3.69. The summed E-state index contributed by atoms with van der Waals surface area (Å²) in [5, 5.41) is 18.3. The molecule has 7 N–H and O–H groups in total. The van der Waals surface area contributed by atoms with Crippen molar-refractivity contribution < 1.29 is 86.4 Å². The fourth-order valence-electron chi connectivity index (χ4n) is 8.90. The smallest absolute Gasteiger partial charge is 0.407 e. The fraction of sp³-hybridized carbons (Fsp3) is 0.500. The Kier molecular flexibility index (Phi) is 21.5. The van der Waals surface area contributed by atoms with E-state index in [0.717, 1.165) is 33.1 Å². The summed E-state index contributed by atoms with van der Waals surface area (Å²) in [4.78, 5) is 63.9. The maximum absolute atomic E-state index is 15.9. The van der Waals surface area contributed by atoms with E-state index in [0.29, 0.717) is 81.1 Å². The fourth-order valence-corrected chi connectivity index (χ4v) is 8.90. The van der Waals surface area contributed by atoms with E-state index in [4.69, 9.17) is 5.73 Å². The zero-order valence-electron chi connectivity index (χ0n) is 44.4. The first-order valence-electron chi connectivity index (χ1n) is 24.7. The quantitative estimate of drug-likeness (QED) is 0.0213. The van der Waals surface area contributed by atoms with Crippen LogP contribution in [-0.2, 0) is 32.0 Å². The highest BCUT2D eigenvalue weighted by molar-refractivity contribution is 5.87. The number of methoxy groups -OCH3 is 2. The number of rotatable bonds is 21. The van der Waals surface area contributed by atoms with E-state index in [1.807, 2.05) is 20.5 Å². The van der Waals surface area contributed by atoms with Gasteiger partial charge >= 0.3 is 31.1 Å². The molecule has 2 fully saturated rings. The maximum Gasteiger partial charge on any atom is 0.407 e. The van der Waals surface area contributed by atoms with Gasteiger partial charge in [0.05, 0.1) is 43.7 Å². The van der Waals surface area contributed by atoms with Crippen LogP contribution < -0.4 is 32.0 Å². The molecule has 0 spiro atoms. The minimum Gasteiger partial charge on any atom is -0.453 e. The number of nitrogens with two attached hydrogens (primary N) is 1. The number of ether oxygens (including phenoxy) is 2. The number of carbonyl (C=O) groups excluding carboxylic acids is 4. The van der Waals surface area contributed by atoms with Gasteiger partial charge in [0.1, 0.15) is 29.5 Å². The van der Waals surface area contributed by atoms with Crippen molar-refractivity contribution in [3.63, 3.8) is 0 Å². The van der Waals surface area contributed by atoms with Gasteiger partial charge in [0, 0.05) is 78.6 Å². The molecule has 3 heterocycles. The van der Waals surface area contributed by atoms with Crippen molar-refractivity contribution in [2.24, 2.45) is 21.6 Å². The van der Waals surface area contributed by atoms with E-state index < -0.39 is 132 Å². The standard InChI is InChI=1S/C52H60F12N10O7/c1-49(2,51(59,60)61)42(69-47(78)80-5)44(76)68-38(19-29-10-7-28(8-11-29)9-12-30-13-16-41(67-22-30)72-23-32-14-15-33(24-72)74(32)27-40(55)56)39(75)26-73(71-45(77)43(70-48(79)81-6)50(3,4)52(62,63)64)25-34-35(53)20-31(21-36(34)54)37(65)17-18-66-46(57)58/h7-8,10-11,13,16-18,20-22,32-33,38-40,42-43,46,75H,14-15,19,23-27,65H2,1-6H3,(H,68,76)(H,69,78)(H,70,79)(H,71,77)/t32?,33?,38-,39-,42+,43+/m0/s1. The van der Waals surface area contributed by atoms with Gasteiger partial charge in [0.2, 0.25) is 5.91 Å². The molecule has 2 aliphatic heterocycles. The second kappa shape index (κ2) is 27.0. The number of anilines is 1. The number of aliphatic hydroxyl groups is 1. The van der Waals surface area contributed by atoms with Crippen molar-refractivity contribution in [2.45, 2.75) is 115 Å². The van der Waals surface area contributed by atoms with E-state index in [9.17, 15) is 68.2 Å². The lowest BCUT2D eigenvalue weighted by Gasteiger charge is -2.41. The Morgan fingerprint density at radius 2 is 1.33 bits per heavy atom. The highest BCUT2D eigenvalue weighted by Gasteiger charge is 2.57. The van der Waals surface area contributed by atoms with Crippen molar-refractivity contribution >= 4 is 41.7 Å². The number of benzene rings is 2. The number of hydrogen-bond acceptors (Lipinski definition) is 13. The van der Waals surface area contributed by atoms with Gasteiger partial charge in [-0.05, 0) is 95.0 Å². The Morgan fingerprint density at radius 1 is 0.815 bits per heavy atom. The second-order valence-electron chi connectivity index (χ2n) is 20.2. The summed E-state index contributed by atoms with van der Waals surface area (Å²) >= 11 is 0. The van der Waals surface area contributed by atoms with Crippen LogP contribution in [0.15, 0.2) is 65.8 Å². The largest absolute Gasteiger partial charge is 0.453 e. The number of fused-ring (bicyclic) bond motifs is 2. The van der Waals surface area contributed by atoms with Crippen LogP contribution in [0.5, 0.6) is 0 Å². The van der Waals surface area contributed by atoms with Crippen LogP contribution in [0.3, 0.4) is 0 Å². The minimum atomic E-state index is -5.25. The van der Waals surface area contributed by atoms with Gasteiger partial charge < -0.3 is 41.2 Å². The summed E-state index contributed by atoms with van der Waals surface area (Å²) < 4.78 is 179. The molecule has 17 nitrogen and oxygen atoms in total. The first kappa shape index (κ1) is 64.5. The molecule has 81 heavy (non-hydrogen) atoms. The number of halogens is 12. The molecule has 2 saturated heterocycles. The molecule has 6 atom stereocenters. The number of aliphatic hydroxyl groups excluding tert-OH is 1. The molecule has 1 aromatic heterocycles. The molecule has 0 saturated carbocycles. The lowest BCUT2D eigenvalue weighted by Crippen LogP contribution is -2.63. The Hall–Kier alpha value is -7.32. The van der Waals surface area contributed by atoms with Gasteiger partial charge in [-0.1, -0.05) is 24.0 Å². The Balaban J connectivity index is 1.50. The number of pyridine rings is 1. The van der Waals surface area contributed by atoms with Crippen LogP contribution in [-0.4, -0.2) is 152 Å². The number of allylic oxidation sites excluding steroid dienone is 1. The monoisotopic (exact) mass is 1160 g/mol. The lowest BCUT2D eigenvalue weighted by atomic mass is 9.82. The molecule has 2 aromatic carbocycles. The van der Waals surface area contributed by atoms with Gasteiger partial charge in [-0.15, -0.1) is 0 Å². The maximum atomic E-state index is 15.9. The van der Waals surface area contributed by atoms with Crippen LogP contribution in [0.2, 0.25) is 0 Å². The topological polar surface area (TPSA) is 216 Å². The Morgan fingerprint density at radius 3 is 1.81 bits per heavy atom. The van der Waals surface area contributed by atoms with E-state index in [-0.39, 0.29) is 24.2 Å². The van der Waals surface area contributed by atoms with Crippen molar-refractivity contribution in [1.29, 1.82) is 0 Å². The molecule has 4 amide bonds. The molecular formula is C52H60F12N10O7. The van der Waals surface area contributed by atoms with Crippen LogP contribution >= 0.6 is 0 Å². The first-order valence-corrected chi connectivity index (χ1v) is 24.7. The molecule has 29 heteroatoms. The molecule has 0 aliphatic carbocycles. The van der Waals surface area contributed by atoms with E-state index in [2.05, 4.69) is 36.6 Å². The number of nitrogens with one attached hydrogen (secondary N) is 4. The van der Waals surface area contributed by atoms with Crippen molar-refractivity contribution in [1.82, 2.24) is 36.3 Å². The van der Waals surface area contributed by atoms with Crippen molar-refractivity contribution in [3.05, 3.63) is 100 Å². The molecule has 2 unspecified atom stereocenters. The minimum absolute atomic E-state index is 0.0323. The zero-order valence-corrected chi connectivity index (χ0v) is 44.4. The normalized spacial score (nSPS) is 17.8. The summed E-state index contributed by atoms with van der Waals surface area (Å²) in [7, 11) is 1.57. The molecular weight excluding hydrogens is 1100 g/mol. The number of piperazine rings is 1. The van der Waals surface area contributed by atoms with Gasteiger partial charge in [0.25, 0.3) is 12.3 Å². The third-order valence-corrected chi connectivity index (χ3v) is 13.9. The third-order valence-electron chi connectivity index (χ3n) is 13.9. The predicted molar refractivity (Wildman–Crippen MR) is 270 cm³/mol. The number of alkyl carbamates (subject to hydrolysis) is 2. The molecule has 0 radical (unpaired) electrons. The average molecular weight is 1170 g/mol. The highest BCUT2D eigenvalue weighted by atomic mass is 19.4. The number of aliphatic imine (C=N–C) groups is 1. The van der Waals surface area contributed by atoms with Gasteiger partial charge in [0.15, 0.2) is 0 Å². The molecule has 2 bridgehead atoms. The molecule has 2 aliphatic rings. The highest BCUT2D eigenvalue weighted by Crippen LogP contribution is 2.42. The van der Waals surface area contributed by atoms with Gasteiger partial charge in [-0.3, -0.25) is 19.9 Å². The number of amides is 4. The van der Waals surface area contributed by atoms with Crippen molar-refractivity contribution in [3.8, 4) is 11.8 Å². The summed E-state index contributed by atoms with van der Waals surface area (Å²) in [6, 6.07) is 3.61. The summed E-state index contributed by atoms with van der Waals surface area (Å²) in [6.45, 7) is -2.56. The first-order chi connectivity index (χ1) is 37.7. The second-order valence-corrected chi connectivity index (χ2v) is 20.2. The number of aromatic nitrogens is 1. The Bertz CT molecular complexity index is 2770. The van der Waals surface area contributed by atoms with Crippen molar-refractivity contribution in [2.75, 3.05) is 45.3 Å². The number of nitrogens with zero attached hydrogens (tertiary/aromatic N) is 5. The number of carbonyl (C=O) groups is 4. The van der Waals surface area contributed by atoms with Crippen LogP contribution in [0, 0.1) is 34.3 Å². The predicted octanol–water partition coefficient (Wildman–Crippen LogP) is 6.82. The number of hydrogen-bond donors (Lipinski definition) is 6. The summed E-state index contributed by atoms with van der Waals surface area (Å²) in [6.07, 6.45) is -14.2. The molecule has 444 valence electrons. The number of alkyl halides is 10. The van der Waals surface area contributed by atoms with E-state index in [1.165, 1.54) is 30.5 Å². The van der Waals surface area contributed by atoms with Crippen LogP contribution in [0.25, 0.3) is 5.70 Å². The molecule has 3 aromatic rings. The molecule has 5 rings (SSSR count). The van der Waals surface area contributed by atoms with Gasteiger partial charge in [-0.25, -0.2) is 42.1 Å². The summed E-state index contributed by atoms with van der Waals surface area (Å²) in [5.74, 6) is 0.330. The zero-order chi connectivity index (χ0) is 60.4. The third kappa shape index (κ3) is 16.9. The van der Waals surface area contributed by atoms with Crippen LogP contribution in [0.4, 0.5) is 68.1 Å². The number of hydrazine groups is 1. The Labute approximate surface area is 457 Å². The van der Waals surface area contributed by atoms with E-state index >= 15 is 8.78 Å². The summed E-state index contributed by atoms with van der Waals surface area (Å²) in [5.41, 5.74) is 0.847.